The first-order valence-corrected chi connectivity index (χ1v) is 6.80. The topological polar surface area (TPSA) is 37.4 Å². The number of unbranched alkanes of at least 4 members (excludes halogenated alkanes) is 1. The van der Waals surface area contributed by atoms with Gasteiger partial charge in [0.25, 0.3) is 0 Å². The molecule has 0 aromatic heterocycles. The Hall–Kier alpha value is -0.350. The van der Waals surface area contributed by atoms with Gasteiger partial charge in [0.2, 0.25) is 10.0 Å². The van der Waals surface area contributed by atoms with Gasteiger partial charge in [-0.05, 0) is 19.8 Å². The molecule has 0 saturated carbocycles. The Bertz CT molecular complexity index is 306. The molecule has 82 valence electrons. The molecule has 0 bridgehead atoms. The fourth-order valence-electron chi connectivity index (χ4n) is 1.46. The molecular formula is C10H19NO2S. The molecule has 0 spiro atoms. The van der Waals surface area contributed by atoms with Crippen LogP contribution in [0.3, 0.4) is 0 Å². The van der Waals surface area contributed by atoms with E-state index in [0.717, 1.165) is 19.3 Å². The normalized spacial score (nSPS) is 19.4. The van der Waals surface area contributed by atoms with Crippen LogP contribution in [0.15, 0.2) is 11.6 Å². The van der Waals surface area contributed by atoms with Gasteiger partial charge >= 0.3 is 0 Å². The Morgan fingerprint density at radius 2 is 2.21 bits per heavy atom. The maximum absolute atomic E-state index is 11.7. The largest absolute Gasteiger partial charge is 0.214 e. The maximum Gasteiger partial charge on any atom is 0.214 e. The second-order valence-electron chi connectivity index (χ2n) is 3.83. The van der Waals surface area contributed by atoms with Crippen molar-refractivity contribution < 1.29 is 8.42 Å². The van der Waals surface area contributed by atoms with Crippen molar-refractivity contribution in [2.45, 2.75) is 33.1 Å². The molecule has 0 aliphatic carbocycles. The second-order valence-corrected chi connectivity index (χ2v) is 5.92. The summed E-state index contributed by atoms with van der Waals surface area (Å²) in [5, 5.41) is 0. The summed E-state index contributed by atoms with van der Waals surface area (Å²) >= 11 is 0. The Kier molecular flexibility index (Phi) is 4.13. The van der Waals surface area contributed by atoms with Crippen LogP contribution in [0.5, 0.6) is 0 Å². The molecule has 0 aromatic carbocycles. The van der Waals surface area contributed by atoms with Gasteiger partial charge in [0.1, 0.15) is 0 Å². The van der Waals surface area contributed by atoms with Crippen molar-refractivity contribution >= 4 is 10.0 Å². The third kappa shape index (κ3) is 3.10. The number of hydrogen-bond acceptors (Lipinski definition) is 2. The highest BCUT2D eigenvalue weighted by molar-refractivity contribution is 7.89. The summed E-state index contributed by atoms with van der Waals surface area (Å²) in [6.45, 7) is 5.29. The zero-order chi connectivity index (χ0) is 10.6. The molecule has 3 nitrogen and oxygen atoms in total. The molecule has 1 rings (SSSR count). The smallest absolute Gasteiger partial charge is 0.212 e. The van der Waals surface area contributed by atoms with Gasteiger partial charge in [-0.1, -0.05) is 25.0 Å². The van der Waals surface area contributed by atoms with E-state index in [1.54, 1.807) is 4.31 Å². The minimum atomic E-state index is -2.98. The minimum absolute atomic E-state index is 0.302. The molecule has 0 amide bonds. The Balaban J connectivity index is 2.57. The highest BCUT2D eigenvalue weighted by Crippen LogP contribution is 2.14. The lowest BCUT2D eigenvalue weighted by Crippen LogP contribution is -2.36. The minimum Gasteiger partial charge on any atom is -0.212 e. The maximum atomic E-state index is 11.7. The van der Waals surface area contributed by atoms with Crippen molar-refractivity contribution in [1.29, 1.82) is 0 Å². The quantitative estimate of drug-likeness (QED) is 0.673. The van der Waals surface area contributed by atoms with Gasteiger partial charge in [-0.3, -0.25) is 0 Å². The van der Waals surface area contributed by atoms with E-state index in [-0.39, 0.29) is 0 Å². The van der Waals surface area contributed by atoms with E-state index in [4.69, 9.17) is 0 Å². The molecule has 0 saturated heterocycles. The van der Waals surface area contributed by atoms with Crippen LogP contribution >= 0.6 is 0 Å². The molecule has 1 aliphatic heterocycles. The molecule has 0 atom stereocenters. The molecule has 0 fully saturated rings. The van der Waals surface area contributed by atoms with Crippen LogP contribution in [0.25, 0.3) is 0 Å². The molecule has 4 heteroatoms. The third-order valence-electron chi connectivity index (χ3n) is 2.55. The number of nitrogens with zero attached hydrogens (tertiary/aromatic N) is 1. The molecule has 1 aliphatic rings. The van der Waals surface area contributed by atoms with E-state index in [0.29, 0.717) is 18.8 Å². The summed E-state index contributed by atoms with van der Waals surface area (Å²) in [6, 6.07) is 0. The van der Waals surface area contributed by atoms with Gasteiger partial charge in [0.05, 0.1) is 5.75 Å². The van der Waals surface area contributed by atoms with E-state index >= 15 is 0 Å². The van der Waals surface area contributed by atoms with Crippen LogP contribution in [0.2, 0.25) is 0 Å². The Labute approximate surface area is 86.8 Å². The zero-order valence-electron chi connectivity index (χ0n) is 8.99. The van der Waals surface area contributed by atoms with E-state index in [2.05, 4.69) is 6.92 Å². The summed E-state index contributed by atoms with van der Waals surface area (Å²) in [5.41, 5.74) is 1.30. The second kappa shape index (κ2) is 4.94. The van der Waals surface area contributed by atoms with Crippen LogP contribution in [-0.2, 0) is 10.0 Å². The van der Waals surface area contributed by atoms with Gasteiger partial charge in [0, 0.05) is 13.1 Å². The number of rotatable bonds is 4. The van der Waals surface area contributed by atoms with Crippen molar-refractivity contribution in [2.24, 2.45) is 0 Å². The van der Waals surface area contributed by atoms with Gasteiger partial charge in [-0.2, -0.15) is 4.31 Å². The van der Waals surface area contributed by atoms with E-state index in [1.807, 2.05) is 13.0 Å². The number of hydrogen-bond donors (Lipinski definition) is 0. The van der Waals surface area contributed by atoms with E-state index < -0.39 is 10.0 Å². The first kappa shape index (κ1) is 11.7. The average molecular weight is 217 g/mol. The fourth-order valence-corrected chi connectivity index (χ4v) is 3.04. The highest BCUT2D eigenvalue weighted by atomic mass is 32.2. The van der Waals surface area contributed by atoms with Crippen LogP contribution in [0.1, 0.15) is 33.1 Å². The molecule has 1 heterocycles. The van der Waals surface area contributed by atoms with E-state index in [9.17, 15) is 8.42 Å². The molecule has 0 aromatic rings. The SMILES string of the molecule is CCCCS(=O)(=O)N1CC=C(C)CC1. The van der Waals surface area contributed by atoms with Crippen molar-refractivity contribution in [2.75, 3.05) is 18.8 Å². The van der Waals surface area contributed by atoms with Gasteiger partial charge in [0.15, 0.2) is 0 Å². The molecule has 14 heavy (non-hydrogen) atoms. The first-order valence-electron chi connectivity index (χ1n) is 5.19. The van der Waals surface area contributed by atoms with Crippen molar-refractivity contribution in [3.63, 3.8) is 0 Å². The number of sulfonamides is 1. The molecule has 0 radical (unpaired) electrons. The Morgan fingerprint density at radius 1 is 1.50 bits per heavy atom. The monoisotopic (exact) mass is 217 g/mol. The van der Waals surface area contributed by atoms with Crippen LogP contribution in [-0.4, -0.2) is 31.6 Å². The van der Waals surface area contributed by atoms with Crippen molar-refractivity contribution in [3.05, 3.63) is 11.6 Å². The van der Waals surface area contributed by atoms with E-state index in [1.165, 1.54) is 5.57 Å². The summed E-state index contributed by atoms with van der Waals surface area (Å²) in [4.78, 5) is 0. The highest BCUT2D eigenvalue weighted by Gasteiger charge is 2.22. The standard InChI is InChI=1S/C10H19NO2S/c1-3-4-9-14(12,13)11-7-5-10(2)6-8-11/h5H,3-4,6-9H2,1-2H3. The first-order chi connectivity index (χ1) is 6.56. The molecular weight excluding hydrogens is 198 g/mol. The lowest BCUT2D eigenvalue weighted by molar-refractivity contribution is 0.430. The summed E-state index contributed by atoms with van der Waals surface area (Å²) < 4.78 is 25.1. The molecule has 0 unspecified atom stereocenters. The summed E-state index contributed by atoms with van der Waals surface area (Å²) in [7, 11) is -2.98. The van der Waals surface area contributed by atoms with Gasteiger partial charge < -0.3 is 0 Å². The third-order valence-corrected chi connectivity index (χ3v) is 4.47. The van der Waals surface area contributed by atoms with Crippen molar-refractivity contribution in [1.82, 2.24) is 4.31 Å². The predicted molar refractivity (Wildman–Crippen MR) is 58.6 cm³/mol. The zero-order valence-corrected chi connectivity index (χ0v) is 9.81. The van der Waals surface area contributed by atoms with Crippen LogP contribution in [0, 0.1) is 0 Å². The lowest BCUT2D eigenvalue weighted by atomic mass is 10.1. The fraction of sp³-hybridized carbons (Fsp3) is 0.800. The predicted octanol–water partition coefficient (Wildman–Crippen LogP) is 1.77. The van der Waals surface area contributed by atoms with Crippen LogP contribution in [0.4, 0.5) is 0 Å². The summed E-state index contributed by atoms with van der Waals surface area (Å²) in [6.07, 6.45) is 4.59. The summed E-state index contributed by atoms with van der Waals surface area (Å²) in [5.74, 6) is 0.302. The average Bonchev–Trinajstić information content (AvgIpc) is 2.16. The van der Waals surface area contributed by atoms with Gasteiger partial charge in [-0.25, -0.2) is 8.42 Å². The Morgan fingerprint density at radius 3 is 2.71 bits per heavy atom. The molecule has 0 N–H and O–H groups in total. The van der Waals surface area contributed by atoms with Gasteiger partial charge in [-0.15, -0.1) is 0 Å². The van der Waals surface area contributed by atoms with Crippen LogP contribution < -0.4 is 0 Å². The lowest BCUT2D eigenvalue weighted by Gasteiger charge is -2.24. The van der Waals surface area contributed by atoms with Crippen molar-refractivity contribution in [3.8, 4) is 0 Å².